The SMILES string of the molecule is [B-][P+](C[Si](C)(C)C)(c1ccccc1)c1cc2ccccc2c2ccccc12. The van der Waals surface area contributed by atoms with Gasteiger partial charge in [0.15, 0.2) is 0 Å². The zero-order valence-corrected chi connectivity index (χ0v) is 18.2. The van der Waals surface area contributed by atoms with E-state index < -0.39 is 15.2 Å². The van der Waals surface area contributed by atoms with Crippen molar-refractivity contribution in [1.29, 1.82) is 0 Å². The molecule has 27 heavy (non-hydrogen) atoms. The summed E-state index contributed by atoms with van der Waals surface area (Å²) in [5.41, 5.74) is 0. The van der Waals surface area contributed by atoms with Crippen LogP contribution < -0.4 is 10.6 Å². The molecule has 0 aliphatic carbocycles. The minimum absolute atomic E-state index is 1.12. The van der Waals surface area contributed by atoms with Gasteiger partial charge in [0.2, 0.25) is 0 Å². The monoisotopic (exact) mass is 383 g/mol. The Morgan fingerprint density at radius 3 is 1.93 bits per heavy atom. The van der Waals surface area contributed by atoms with Gasteiger partial charge >= 0.3 is 0 Å². The third-order valence-corrected chi connectivity index (χ3v) is 13.4. The average Bonchev–Trinajstić information content (AvgIpc) is 2.66. The maximum Gasteiger partial charge on any atom is 0.0841 e. The van der Waals surface area contributed by atoms with Crippen molar-refractivity contribution in [2.45, 2.75) is 19.6 Å². The van der Waals surface area contributed by atoms with Crippen LogP contribution in [0.1, 0.15) is 0 Å². The predicted octanol–water partition coefficient (Wildman–Crippen LogP) is 5.92. The fourth-order valence-electron chi connectivity index (χ4n) is 4.12. The second-order valence-electron chi connectivity index (χ2n) is 8.59. The fraction of sp³-hybridized carbons (Fsp3) is 0.167. The molecule has 0 fully saturated rings. The zero-order chi connectivity index (χ0) is 19.1. The van der Waals surface area contributed by atoms with Crippen molar-refractivity contribution < 1.29 is 0 Å². The third kappa shape index (κ3) is 3.49. The summed E-state index contributed by atoms with van der Waals surface area (Å²) in [6.07, 6.45) is 0. The van der Waals surface area contributed by atoms with E-state index >= 15 is 0 Å². The summed E-state index contributed by atoms with van der Waals surface area (Å²) in [6.45, 7) is 7.29. The van der Waals surface area contributed by atoms with Gasteiger partial charge in [0, 0.05) is 16.5 Å². The van der Waals surface area contributed by atoms with Crippen molar-refractivity contribution in [1.82, 2.24) is 0 Å². The molecule has 0 bridgehead atoms. The van der Waals surface area contributed by atoms with Crippen molar-refractivity contribution >= 4 is 54.9 Å². The highest BCUT2D eigenvalue weighted by atomic mass is 31.2. The smallest absolute Gasteiger partial charge is 0.0841 e. The minimum Gasteiger partial charge on any atom is -0.292 e. The lowest BCUT2D eigenvalue weighted by Crippen LogP contribution is -2.37. The van der Waals surface area contributed by atoms with Crippen molar-refractivity contribution in [3.8, 4) is 0 Å². The first-order valence-electron chi connectivity index (χ1n) is 9.52. The van der Waals surface area contributed by atoms with Gasteiger partial charge in [-0.3, -0.25) is 7.57 Å². The molecule has 0 N–H and O–H groups in total. The third-order valence-electron chi connectivity index (χ3n) is 5.12. The van der Waals surface area contributed by atoms with E-state index in [1.54, 1.807) is 0 Å². The van der Waals surface area contributed by atoms with Crippen molar-refractivity contribution in [2.24, 2.45) is 0 Å². The Balaban J connectivity index is 2.09. The van der Waals surface area contributed by atoms with Gasteiger partial charge in [-0.05, 0) is 34.4 Å². The summed E-state index contributed by atoms with van der Waals surface area (Å²) in [5.74, 6) is 1.12. The lowest BCUT2D eigenvalue weighted by atomic mass is 10.0. The molecule has 133 valence electrons. The molecule has 3 heteroatoms. The molecule has 0 aliphatic heterocycles. The summed E-state index contributed by atoms with van der Waals surface area (Å²) in [6, 6.07) is 30.6. The van der Waals surface area contributed by atoms with E-state index in [1.807, 2.05) is 0 Å². The molecule has 0 saturated heterocycles. The Morgan fingerprint density at radius 1 is 0.704 bits per heavy atom. The Bertz CT molecular complexity index is 1100. The van der Waals surface area contributed by atoms with Crippen LogP contribution in [0, 0.1) is 0 Å². The largest absolute Gasteiger partial charge is 0.292 e. The first-order valence-corrected chi connectivity index (χ1v) is 15.3. The van der Waals surface area contributed by atoms with Crippen molar-refractivity contribution in [3.05, 3.63) is 84.9 Å². The maximum absolute atomic E-state index is 7.43. The number of benzene rings is 4. The van der Waals surface area contributed by atoms with E-state index in [4.69, 9.17) is 7.57 Å². The summed E-state index contributed by atoms with van der Waals surface area (Å²) in [7, 11) is 4.06. The summed E-state index contributed by atoms with van der Waals surface area (Å²) in [4.78, 5) is 0. The molecule has 4 aromatic carbocycles. The van der Waals surface area contributed by atoms with Gasteiger partial charge in [0.05, 0.1) is 13.4 Å². The molecule has 0 aromatic heterocycles. The molecule has 0 spiro atoms. The normalized spacial score (nSPS) is 14.4. The van der Waals surface area contributed by atoms with Crippen LogP contribution in [0.5, 0.6) is 0 Å². The second-order valence-corrected chi connectivity index (χ2v) is 17.7. The van der Waals surface area contributed by atoms with Gasteiger partial charge in [-0.1, -0.05) is 86.4 Å². The Morgan fingerprint density at radius 2 is 1.26 bits per heavy atom. The summed E-state index contributed by atoms with van der Waals surface area (Å²) >= 11 is 0. The summed E-state index contributed by atoms with van der Waals surface area (Å²) < 4.78 is 0. The van der Waals surface area contributed by atoms with Gasteiger partial charge in [-0.25, -0.2) is 0 Å². The van der Waals surface area contributed by atoms with Gasteiger partial charge in [-0.15, -0.1) is 0 Å². The van der Waals surface area contributed by atoms with Crippen molar-refractivity contribution in [3.63, 3.8) is 0 Å². The van der Waals surface area contributed by atoms with Gasteiger partial charge in [0.25, 0.3) is 0 Å². The van der Waals surface area contributed by atoms with Crippen LogP contribution in [0.25, 0.3) is 21.5 Å². The van der Waals surface area contributed by atoms with Crippen LogP contribution in [0.3, 0.4) is 0 Å². The molecule has 0 nitrogen and oxygen atoms in total. The average molecular weight is 383 g/mol. The Kier molecular flexibility index (Phi) is 4.74. The van der Waals surface area contributed by atoms with E-state index in [2.05, 4.69) is 105 Å². The summed E-state index contributed by atoms with van der Waals surface area (Å²) in [5, 5.41) is 7.89. The Labute approximate surface area is 165 Å². The molecule has 4 aromatic rings. The fourth-order valence-corrected chi connectivity index (χ4v) is 13.5. The number of hydrogen-bond donors (Lipinski definition) is 0. The van der Waals surface area contributed by atoms with E-state index in [9.17, 15) is 0 Å². The first-order chi connectivity index (χ1) is 12.9. The predicted molar refractivity (Wildman–Crippen MR) is 128 cm³/mol. The quantitative estimate of drug-likeness (QED) is 0.233. The molecule has 0 aliphatic rings. The van der Waals surface area contributed by atoms with E-state index in [1.165, 1.54) is 32.2 Å². The first kappa shape index (κ1) is 18.5. The molecule has 0 amide bonds. The maximum atomic E-state index is 7.43. The second kappa shape index (κ2) is 6.93. The highest BCUT2D eigenvalue weighted by Crippen LogP contribution is 2.55. The van der Waals surface area contributed by atoms with Crippen LogP contribution in [-0.4, -0.2) is 21.4 Å². The highest BCUT2D eigenvalue weighted by Gasteiger charge is 2.33. The zero-order valence-electron chi connectivity index (χ0n) is 16.3. The Hall–Kier alpha value is -1.89. The van der Waals surface area contributed by atoms with Crippen LogP contribution >= 0.6 is 7.14 Å². The van der Waals surface area contributed by atoms with Gasteiger partial charge < -0.3 is 0 Å². The van der Waals surface area contributed by atoms with E-state index in [-0.39, 0.29) is 0 Å². The topological polar surface area (TPSA) is 0 Å². The standard InChI is InChI=1S/C24H25BPSi/c1-27(2,3)18-26(25,20-12-5-4-6-13-20)24-17-19-11-7-8-14-21(19)22-15-9-10-16-23(22)24/h4-17H,18H2,1-3H3. The van der Waals surface area contributed by atoms with Crippen LogP contribution in [-0.2, 0) is 0 Å². The molecule has 4 rings (SSSR count). The highest BCUT2D eigenvalue weighted by molar-refractivity contribution is 8.09. The molecule has 0 saturated carbocycles. The minimum atomic E-state index is -1.98. The lowest BCUT2D eigenvalue weighted by Gasteiger charge is -2.41. The number of fused-ring (bicyclic) bond motifs is 3. The van der Waals surface area contributed by atoms with Gasteiger partial charge in [0.1, 0.15) is 0 Å². The molecule has 3 radical (unpaired) electrons. The lowest BCUT2D eigenvalue weighted by molar-refractivity contribution is 1.65. The molecule has 1 atom stereocenters. The van der Waals surface area contributed by atoms with Gasteiger partial charge in [-0.2, -0.15) is 7.14 Å². The molecular weight excluding hydrogens is 358 g/mol. The van der Waals surface area contributed by atoms with Crippen LogP contribution in [0.4, 0.5) is 0 Å². The number of hydrogen-bond acceptors (Lipinski definition) is 0. The van der Waals surface area contributed by atoms with Crippen molar-refractivity contribution in [2.75, 3.05) is 5.79 Å². The molecule has 1 unspecified atom stereocenters. The molecular formula is C24H25BPSi. The van der Waals surface area contributed by atoms with E-state index in [0.717, 1.165) is 5.79 Å². The van der Waals surface area contributed by atoms with E-state index in [0.29, 0.717) is 0 Å². The van der Waals surface area contributed by atoms with Crippen LogP contribution in [0.2, 0.25) is 19.6 Å². The molecule has 0 heterocycles. The van der Waals surface area contributed by atoms with Crippen LogP contribution in [0.15, 0.2) is 84.9 Å². The number of rotatable bonds is 4.